The van der Waals surface area contributed by atoms with Gasteiger partial charge < -0.3 is 20.4 Å². The van der Waals surface area contributed by atoms with Gasteiger partial charge in [0.05, 0.1) is 17.1 Å². The molecular weight excluding hydrogens is 460 g/mol. The molecule has 0 aromatic carbocycles. The van der Waals surface area contributed by atoms with Gasteiger partial charge in [-0.3, -0.25) is 14.4 Å². The fourth-order valence-corrected chi connectivity index (χ4v) is 9.07. The first-order valence-electron chi connectivity index (χ1n) is 12.9. The molecule has 3 fully saturated rings. The lowest BCUT2D eigenvalue weighted by Gasteiger charge is -2.69. The third-order valence-electron chi connectivity index (χ3n) is 10.9. The van der Waals surface area contributed by atoms with E-state index >= 15 is 0 Å². The molecule has 3 saturated carbocycles. The van der Waals surface area contributed by atoms with Crippen molar-refractivity contribution >= 4 is 17.3 Å². The van der Waals surface area contributed by atoms with E-state index in [-0.39, 0.29) is 36.1 Å². The molecule has 1 spiro atoms. The Bertz CT molecular complexity index is 1170. The molecule has 0 aliphatic heterocycles. The first kappa shape index (κ1) is 25.6. The van der Waals surface area contributed by atoms with E-state index in [2.05, 4.69) is 6.92 Å². The summed E-state index contributed by atoms with van der Waals surface area (Å²) in [5, 5.41) is 43.3. The third kappa shape index (κ3) is 2.82. The van der Waals surface area contributed by atoms with Crippen LogP contribution in [0.1, 0.15) is 67.2 Å². The highest BCUT2D eigenvalue weighted by molar-refractivity contribution is 6.02. The lowest BCUT2D eigenvalue weighted by molar-refractivity contribution is -0.247. The molecule has 0 aromatic rings. The number of hydrogen-bond acceptors (Lipinski definition) is 7. The second-order valence-electron chi connectivity index (χ2n) is 13.6. The van der Waals surface area contributed by atoms with Gasteiger partial charge in [-0.15, -0.1) is 0 Å². The van der Waals surface area contributed by atoms with E-state index < -0.39 is 56.6 Å². The van der Waals surface area contributed by atoms with Gasteiger partial charge in [0.1, 0.15) is 11.4 Å². The molecule has 0 aromatic heterocycles. The predicted molar refractivity (Wildman–Crippen MR) is 132 cm³/mol. The van der Waals surface area contributed by atoms with E-state index in [0.29, 0.717) is 12.8 Å². The molecule has 0 radical (unpaired) electrons. The summed E-state index contributed by atoms with van der Waals surface area (Å²) in [4.78, 5) is 39.9. The van der Waals surface area contributed by atoms with Crippen LogP contribution in [0.4, 0.5) is 0 Å². The van der Waals surface area contributed by atoms with Crippen molar-refractivity contribution in [2.45, 2.75) is 84.5 Å². The number of aliphatic hydroxyl groups excluding tert-OH is 2. The summed E-state index contributed by atoms with van der Waals surface area (Å²) in [7, 11) is 0. The normalized spacial score (nSPS) is 47.2. The van der Waals surface area contributed by atoms with Gasteiger partial charge in [-0.1, -0.05) is 31.6 Å². The van der Waals surface area contributed by atoms with Crippen molar-refractivity contribution in [1.29, 1.82) is 0 Å². The number of fused-ring (bicyclic) bond motifs is 4. The van der Waals surface area contributed by atoms with Gasteiger partial charge >= 0.3 is 0 Å². The smallest absolute Gasteiger partial charge is 0.206 e. The molecule has 5 aliphatic carbocycles. The van der Waals surface area contributed by atoms with Crippen molar-refractivity contribution in [3.8, 4) is 0 Å². The van der Waals surface area contributed by atoms with Gasteiger partial charge in [0, 0.05) is 23.7 Å². The third-order valence-corrected chi connectivity index (χ3v) is 10.9. The molecule has 0 saturated heterocycles. The van der Waals surface area contributed by atoms with E-state index in [9.17, 15) is 34.8 Å². The molecule has 5 aliphatic rings. The SMILES string of the molecule is CC(C)(O)/C=C/C(=O)[C@@]1(O)C[C@]23CC(=O)[C@@]4(C)[C@@H]5C=C(O)C(=O)C(C)(C)C5=CC[C@H]4[C@]2(C)C[C@@H](O)[C@@H]31. The number of ketones is 3. The number of hydrogen-bond donors (Lipinski definition) is 4. The van der Waals surface area contributed by atoms with Crippen LogP contribution in [-0.4, -0.2) is 55.1 Å². The fourth-order valence-electron chi connectivity index (χ4n) is 9.07. The van der Waals surface area contributed by atoms with Crippen molar-refractivity contribution in [3.05, 3.63) is 35.6 Å². The Morgan fingerprint density at radius 2 is 1.81 bits per heavy atom. The summed E-state index contributed by atoms with van der Waals surface area (Å²) in [5.41, 5.74) is -5.23. The summed E-state index contributed by atoms with van der Waals surface area (Å²) >= 11 is 0. The zero-order valence-electron chi connectivity index (χ0n) is 22.0. The van der Waals surface area contributed by atoms with Gasteiger partial charge in [-0.2, -0.15) is 0 Å². The Kier molecular flexibility index (Phi) is 5.01. The number of allylic oxidation sites excluding steroid dienone is 4. The quantitative estimate of drug-likeness (QED) is 0.347. The van der Waals surface area contributed by atoms with E-state index in [1.165, 1.54) is 32.1 Å². The van der Waals surface area contributed by atoms with Crippen LogP contribution >= 0.6 is 0 Å². The molecule has 196 valence electrons. The average molecular weight is 499 g/mol. The predicted octanol–water partition coefficient (Wildman–Crippen LogP) is 2.98. The summed E-state index contributed by atoms with van der Waals surface area (Å²) < 4.78 is 0. The number of carbonyl (C=O) groups is 3. The Hall–Kier alpha value is -2.09. The van der Waals surface area contributed by atoms with Crippen LogP contribution in [0.5, 0.6) is 0 Å². The monoisotopic (exact) mass is 498 g/mol. The maximum atomic E-state index is 14.1. The Labute approximate surface area is 212 Å². The first-order valence-corrected chi connectivity index (χ1v) is 12.9. The molecule has 36 heavy (non-hydrogen) atoms. The van der Waals surface area contributed by atoms with Gasteiger partial charge in [-0.25, -0.2) is 0 Å². The Balaban J connectivity index is 1.57. The van der Waals surface area contributed by atoms with Gasteiger partial charge in [-0.05, 0) is 75.9 Å². The maximum absolute atomic E-state index is 14.1. The summed E-state index contributed by atoms with van der Waals surface area (Å²) in [5.74, 6) is -2.65. The summed E-state index contributed by atoms with van der Waals surface area (Å²) in [6.07, 6.45) is 6.24. The van der Waals surface area contributed by atoms with Gasteiger partial charge in [0.2, 0.25) is 5.78 Å². The van der Waals surface area contributed by atoms with Crippen LogP contribution in [-0.2, 0) is 14.4 Å². The highest BCUT2D eigenvalue weighted by Crippen LogP contribution is 2.80. The fraction of sp³-hybridized carbons (Fsp3) is 0.690. The molecule has 0 bridgehead atoms. The number of aliphatic hydroxyl groups is 4. The van der Waals surface area contributed by atoms with Crippen molar-refractivity contribution in [2.75, 3.05) is 0 Å². The molecular formula is C29H38O7. The van der Waals surface area contributed by atoms with Crippen LogP contribution in [0.3, 0.4) is 0 Å². The Morgan fingerprint density at radius 1 is 1.17 bits per heavy atom. The molecule has 5 rings (SSSR count). The van der Waals surface area contributed by atoms with Crippen molar-refractivity contribution < 1.29 is 34.8 Å². The minimum atomic E-state index is -1.79. The highest BCUT2D eigenvalue weighted by Gasteiger charge is 2.82. The lowest BCUT2D eigenvalue weighted by atomic mass is 9.33. The average Bonchev–Trinajstić information content (AvgIpc) is 2.92. The van der Waals surface area contributed by atoms with Crippen molar-refractivity contribution in [1.82, 2.24) is 0 Å². The van der Waals surface area contributed by atoms with E-state index in [1.54, 1.807) is 13.8 Å². The van der Waals surface area contributed by atoms with Crippen molar-refractivity contribution in [3.63, 3.8) is 0 Å². The van der Waals surface area contributed by atoms with Crippen LogP contribution in [0, 0.1) is 39.4 Å². The maximum Gasteiger partial charge on any atom is 0.206 e. The van der Waals surface area contributed by atoms with Gasteiger partial charge in [0.15, 0.2) is 11.5 Å². The van der Waals surface area contributed by atoms with E-state index in [4.69, 9.17) is 0 Å². The van der Waals surface area contributed by atoms with Gasteiger partial charge in [0.25, 0.3) is 0 Å². The standard InChI is InChI=1S/C29H38O7/c1-24(2,35)10-9-20(32)29(36)14-28-13-21(33)27(6)16-11-17(30)23(34)25(3,4)15(16)7-8-19(27)26(28,5)12-18(31)22(28)29/h7,9-11,16,18-19,22,30-31,35-36H,8,12-14H2,1-6H3/b10-9+/t16-,18-,19+,22+,26+,27+,28+,29+/m1/s1. The van der Waals surface area contributed by atoms with Crippen LogP contribution < -0.4 is 0 Å². The van der Waals surface area contributed by atoms with E-state index in [1.807, 2.05) is 13.0 Å². The van der Waals surface area contributed by atoms with Crippen LogP contribution in [0.25, 0.3) is 0 Å². The molecule has 8 atom stereocenters. The minimum absolute atomic E-state index is 0.0181. The van der Waals surface area contributed by atoms with Crippen LogP contribution in [0.2, 0.25) is 0 Å². The number of carbonyl (C=O) groups excluding carboxylic acids is 3. The molecule has 7 nitrogen and oxygen atoms in total. The van der Waals surface area contributed by atoms with E-state index in [0.717, 1.165) is 5.57 Å². The first-order chi connectivity index (χ1) is 16.4. The van der Waals surface area contributed by atoms with Crippen LogP contribution in [0.15, 0.2) is 35.6 Å². The lowest BCUT2D eigenvalue weighted by Crippen LogP contribution is -2.73. The largest absolute Gasteiger partial charge is 0.505 e. The number of rotatable bonds is 3. The minimum Gasteiger partial charge on any atom is -0.505 e. The van der Waals surface area contributed by atoms with Crippen molar-refractivity contribution in [2.24, 2.45) is 39.4 Å². The Morgan fingerprint density at radius 3 is 2.42 bits per heavy atom. The highest BCUT2D eigenvalue weighted by atomic mass is 16.3. The molecule has 7 heteroatoms. The second-order valence-corrected chi connectivity index (χ2v) is 13.6. The molecule has 4 N–H and O–H groups in total. The molecule has 0 amide bonds. The summed E-state index contributed by atoms with van der Waals surface area (Å²) in [6, 6.07) is 0. The zero-order valence-corrected chi connectivity index (χ0v) is 22.0. The molecule has 0 heterocycles. The number of Topliss-reactive ketones (excluding diaryl/α,β-unsaturated/α-hetero) is 2. The topological polar surface area (TPSA) is 132 Å². The second kappa shape index (κ2) is 7.06. The zero-order chi connectivity index (χ0) is 26.9. The molecule has 0 unspecified atom stereocenters. The summed E-state index contributed by atoms with van der Waals surface area (Å²) in [6.45, 7) is 10.6.